The summed E-state index contributed by atoms with van der Waals surface area (Å²) in [6, 6.07) is 10.8. The molecule has 0 saturated carbocycles. The van der Waals surface area contributed by atoms with Gasteiger partial charge in [0, 0.05) is 23.5 Å². The molecule has 1 aromatic carbocycles. The fourth-order valence-electron chi connectivity index (χ4n) is 3.05. The van der Waals surface area contributed by atoms with Gasteiger partial charge in [-0.2, -0.15) is 10.1 Å². The van der Waals surface area contributed by atoms with E-state index in [0.717, 1.165) is 11.3 Å². The molecule has 0 atom stereocenters. The average molecular weight is 392 g/mol. The second kappa shape index (κ2) is 6.82. The summed E-state index contributed by atoms with van der Waals surface area (Å²) in [7, 11) is 0. The van der Waals surface area contributed by atoms with E-state index in [1.54, 1.807) is 29.0 Å². The first kappa shape index (κ1) is 17.0. The van der Waals surface area contributed by atoms with E-state index in [9.17, 15) is 4.79 Å². The van der Waals surface area contributed by atoms with Crippen molar-refractivity contribution >= 4 is 11.7 Å². The molecule has 10 heteroatoms. The van der Waals surface area contributed by atoms with Gasteiger partial charge in [-0.3, -0.25) is 9.89 Å². The van der Waals surface area contributed by atoms with E-state index >= 15 is 0 Å². The third-order valence-corrected chi connectivity index (χ3v) is 4.39. The van der Waals surface area contributed by atoms with Crippen LogP contribution in [0.15, 0.2) is 47.1 Å². The van der Waals surface area contributed by atoms with Crippen molar-refractivity contribution in [3.8, 4) is 34.5 Å². The highest BCUT2D eigenvalue weighted by atomic mass is 16.7. The van der Waals surface area contributed by atoms with E-state index in [1.807, 2.05) is 25.1 Å². The van der Waals surface area contributed by atoms with Gasteiger partial charge in [0.25, 0.3) is 5.89 Å². The fraction of sp³-hybridized carbons (Fsp3) is 0.158. The normalized spacial score (nSPS) is 12.3. The molecule has 0 bridgehead atoms. The van der Waals surface area contributed by atoms with Crippen LogP contribution in [0, 0.1) is 6.92 Å². The minimum atomic E-state index is -0.218. The first-order valence-electron chi connectivity index (χ1n) is 8.87. The number of ether oxygens (including phenoxy) is 2. The second-order valence-corrected chi connectivity index (χ2v) is 6.50. The van der Waals surface area contributed by atoms with Crippen molar-refractivity contribution in [3.05, 3.63) is 48.3 Å². The summed E-state index contributed by atoms with van der Waals surface area (Å²) in [5.41, 5.74) is 2.25. The van der Waals surface area contributed by atoms with Crippen molar-refractivity contribution in [3.63, 3.8) is 0 Å². The lowest BCUT2D eigenvalue weighted by molar-refractivity contribution is -0.116. The average Bonchev–Trinajstić information content (AvgIpc) is 3.48. The number of carbonyl (C=O) groups is 1. The van der Waals surface area contributed by atoms with Crippen LogP contribution in [-0.2, 0) is 11.3 Å². The molecule has 1 amide bonds. The molecule has 0 unspecified atom stereocenters. The van der Waals surface area contributed by atoms with Crippen LogP contribution in [0.4, 0.5) is 5.82 Å². The number of anilines is 1. The van der Waals surface area contributed by atoms with Crippen molar-refractivity contribution in [1.82, 2.24) is 24.9 Å². The molecular formula is C19H16N6O4. The Morgan fingerprint density at radius 3 is 3.00 bits per heavy atom. The quantitative estimate of drug-likeness (QED) is 0.536. The maximum Gasteiger partial charge on any atom is 0.274 e. The number of aryl methyl sites for hydroxylation is 1. The summed E-state index contributed by atoms with van der Waals surface area (Å²) < 4.78 is 17.9. The molecule has 0 saturated heterocycles. The van der Waals surface area contributed by atoms with Crippen molar-refractivity contribution in [2.75, 3.05) is 12.1 Å². The van der Waals surface area contributed by atoms with Gasteiger partial charge in [0.2, 0.25) is 18.5 Å². The van der Waals surface area contributed by atoms with Crippen molar-refractivity contribution in [2.24, 2.45) is 0 Å². The van der Waals surface area contributed by atoms with Gasteiger partial charge in [0.15, 0.2) is 17.3 Å². The van der Waals surface area contributed by atoms with Gasteiger partial charge in [-0.25, -0.2) is 0 Å². The van der Waals surface area contributed by atoms with Gasteiger partial charge in [-0.1, -0.05) is 5.16 Å². The van der Waals surface area contributed by atoms with Crippen LogP contribution in [0.25, 0.3) is 23.0 Å². The predicted octanol–water partition coefficient (Wildman–Crippen LogP) is 2.60. The van der Waals surface area contributed by atoms with E-state index in [-0.39, 0.29) is 19.2 Å². The smallest absolute Gasteiger partial charge is 0.274 e. The van der Waals surface area contributed by atoms with Gasteiger partial charge in [-0.15, -0.1) is 0 Å². The summed E-state index contributed by atoms with van der Waals surface area (Å²) >= 11 is 0. The lowest BCUT2D eigenvalue weighted by atomic mass is 10.2. The molecule has 0 aliphatic carbocycles. The monoisotopic (exact) mass is 392 g/mol. The van der Waals surface area contributed by atoms with Crippen LogP contribution < -0.4 is 14.8 Å². The first-order chi connectivity index (χ1) is 14.2. The first-order valence-corrected chi connectivity index (χ1v) is 8.87. The van der Waals surface area contributed by atoms with Crippen LogP contribution in [0.1, 0.15) is 5.69 Å². The third kappa shape index (κ3) is 3.31. The van der Waals surface area contributed by atoms with Crippen LogP contribution in [-0.4, -0.2) is 37.6 Å². The molecule has 4 heterocycles. The van der Waals surface area contributed by atoms with E-state index in [1.165, 1.54) is 0 Å². The number of hydrogen-bond donors (Lipinski definition) is 2. The minimum Gasteiger partial charge on any atom is -0.454 e. The maximum atomic E-state index is 12.3. The Hall–Kier alpha value is -4.08. The van der Waals surface area contributed by atoms with Gasteiger partial charge < -0.3 is 23.9 Å². The maximum absolute atomic E-state index is 12.3. The third-order valence-electron chi connectivity index (χ3n) is 4.39. The van der Waals surface area contributed by atoms with Gasteiger partial charge in [0.05, 0.1) is 0 Å². The Bertz CT molecular complexity index is 1190. The lowest BCUT2D eigenvalue weighted by Crippen LogP contribution is -2.19. The molecule has 5 rings (SSSR count). The highest BCUT2D eigenvalue weighted by molar-refractivity contribution is 5.89. The largest absolute Gasteiger partial charge is 0.454 e. The number of nitrogens with one attached hydrogen (secondary N) is 2. The number of rotatable bonds is 5. The molecule has 0 spiro atoms. The summed E-state index contributed by atoms with van der Waals surface area (Å²) in [5.74, 6) is 2.31. The molecule has 10 nitrogen and oxygen atoms in total. The van der Waals surface area contributed by atoms with Crippen molar-refractivity contribution in [2.45, 2.75) is 13.5 Å². The number of fused-ring (bicyclic) bond motifs is 1. The zero-order chi connectivity index (χ0) is 19.8. The van der Waals surface area contributed by atoms with Crippen LogP contribution in [0.3, 0.4) is 0 Å². The second-order valence-electron chi connectivity index (χ2n) is 6.50. The Morgan fingerprint density at radius 1 is 1.24 bits per heavy atom. The number of carbonyl (C=O) groups excluding carboxylic acids is 1. The SMILES string of the molecule is Cc1cc(NC(=O)Cn2cccc2-c2nc(-c3ccc4c(c3)OCO4)no2)n[nH]1. The van der Waals surface area contributed by atoms with Crippen LogP contribution in [0.5, 0.6) is 11.5 Å². The van der Waals surface area contributed by atoms with Crippen molar-refractivity contribution < 1.29 is 18.8 Å². The summed E-state index contributed by atoms with van der Waals surface area (Å²) in [4.78, 5) is 16.8. The van der Waals surface area contributed by atoms with Gasteiger partial charge >= 0.3 is 0 Å². The Labute approximate surface area is 164 Å². The number of amides is 1. The molecular weight excluding hydrogens is 376 g/mol. The summed E-state index contributed by atoms with van der Waals surface area (Å²) in [6.45, 7) is 2.14. The van der Waals surface area contributed by atoms with Crippen LogP contribution in [0.2, 0.25) is 0 Å². The Morgan fingerprint density at radius 2 is 2.14 bits per heavy atom. The van der Waals surface area contributed by atoms with Gasteiger partial charge in [0.1, 0.15) is 12.2 Å². The molecule has 2 N–H and O–H groups in total. The minimum absolute atomic E-state index is 0.0793. The molecule has 1 aliphatic heterocycles. The molecule has 1 aliphatic rings. The Balaban J connectivity index is 1.35. The standard InChI is InChI=1S/C19H16N6O4/c1-11-7-16(23-22-11)20-17(26)9-25-6-2-3-13(25)19-21-18(24-29-19)12-4-5-14-15(8-12)28-10-27-14/h2-8H,9-10H2,1H3,(H2,20,22,23,26). The number of aromatic amines is 1. The number of nitrogens with zero attached hydrogens (tertiary/aromatic N) is 4. The summed E-state index contributed by atoms with van der Waals surface area (Å²) in [5, 5.41) is 13.6. The number of H-pyrrole nitrogens is 1. The zero-order valence-corrected chi connectivity index (χ0v) is 15.4. The van der Waals surface area contributed by atoms with E-state index in [2.05, 4.69) is 25.7 Å². The molecule has 4 aromatic rings. The summed E-state index contributed by atoms with van der Waals surface area (Å²) in [6.07, 6.45) is 1.77. The van der Waals surface area contributed by atoms with Gasteiger partial charge in [-0.05, 0) is 37.3 Å². The molecule has 0 fully saturated rings. The zero-order valence-electron chi connectivity index (χ0n) is 15.4. The molecule has 29 heavy (non-hydrogen) atoms. The Kier molecular flexibility index (Phi) is 4.01. The van der Waals surface area contributed by atoms with E-state index < -0.39 is 0 Å². The topological polar surface area (TPSA) is 120 Å². The number of benzene rings is 1. The highest BCUT2D eigenvalue weighted by Gasteiger charge is 2.19. The molecule has 0 radical (unpaired) electrons. The van der Waals surface area contributed by atoms with E-state index in [0.29, 0.717) is 34.7 Å². The number of hydrogen-bond acceptors (Lipinski definition) is 7. The predicted molar refractivity (Wildman–Crippen MR) is 101 cm³/mol. The molecule has 146 valence electrons. The van der Waals surface area contributed by atoms with Crippen LogP contribution >= 0.6 is 0 Å². The van der Waals surface area contributed by atoms with E-state index in [4.69, 9.17) is 14.0 Å². The lowest BCUT2D eigenvalue weighted by Gasteiger charge is -2.06. The van der Waals surface area contributed by atoms with Crippen molar-refractivity contribution in [1.29, 1.82) is 0 Å². The highest BCUT2D eigenvalue weighted by Crippen LogP contribution is 2.35. The number of aromatic nitrogens is 5. The fourth-order valence-corrected chi connectivity index (χ4v) is 3.05. The molecule has 3 aromatic heterocycles.